The minimum absolute atomic E-state index is 0.0495. The molecule has 0 amide bonds. The van der Waals surface area contributed by atoms with Crippen LogP contribution in [0.1, 0.15) is 19.4 Å². The third-order valence-electron chi connectivity index (χ3n) is 3.43. The van der Waals surface area contributed by atoms with Crippen molar-refractivity contribution in [3.8, 4) is 0 Å². The van der Waals surface area contributed by atoms with Gasteiger partial charge in [0.1, 0.15) is 2.91 Å². The highest BCUT2D eigenvalue weighted by atomic mass is 127. The zero-order valence-electron chi connectivity index (χ0n) is 10.7. The molecule has 0 N–H and O–H groups in total. The maximum absolute atomic E-state index is 13.6. The number of halogens is 3. The molecule has 19 heavy (non-hydrogen) atoms. The van der Waals surface area contributed by atoms with Gasteiger partial charge in [-0.2, -0.15) is 0 Å². The van der Waals surface area contributed by atoms with E-state index in [0.717, 1.165) is 5.56 Å². The first kappa shape index (κ1) is 14.9. The number of hydrogen-bond donors (Lipinski definition) is 0. The standard InChI is InChI=1S/C13H13F2IO2S/c1-8-4-6-9(7-5-8)19(17,18)11(16)10-12(2,3)13(10,14)15/h4-7H,1-3H3/b11-10+. The summed E-state index contributed by atoms with van der Waals surface area (Å²) in [6.07, 6.45) is 0. The minimum Gasteiger partial charge on any atom is -0.218 e. The fraction of sp³-hybridized carbons (Fsp3) is 0.385. The van der Waals surface area contributed by atoms with E-state index in [1.165, 1.54) is 48.6 Å². The van der Waals surface area contributed by atoms with Gasteiger partial charge in [0.05, 0.1) is 10.3 Å². The molecule has 2 rings (SSSR count). The molecule has 0 aliphatic heterocycles. The molecule has 104 valence electrons. The van der Waals surface area contributed by atoms with Crippen LogP contribution in [0.2, 0.25) is 0 Å². The number of benzene rings is 1. The van der Waals surface area contributed by atoms with E-state index >= 15 is 0 Å². The molecule has 0 aromatic heterocycles. The Morgan fingerprint density at radius 2 is 1.58 bits per heavy atom. The molecular weight excluding hydrogens is 385 g/mol. The van der Waals surface area contributed by atoms with Gasteiger partial charge in [0.25, 0.3) is 5.92 Å². The summed E-state index contributed by atoms with van der Waals surface area (Å²) >= 11 is 1.51. The van der Waals surface area contributed by atoms with E-state index in [4.69, 9.17) is 0 Å². The predicted molar refractivity (Wildman–Crippen MR) is 78.1 cm³/mol. The van der Waals surface area contributed by atoms with Gasteiger partial charge < -0.3 is 0 Å². The Hall–Kier alpha value is -0.500. The lowest BCUT2D eigenvalue weighted by Crippen LogP contribution is -2.02. The average molecular weight is 398 g/mol. The number of hydrogen-bond acceptors (Lipinski definition) is 2. The molecule has 6 heteroatoms. The summed E-state index contributed by atoms with van der Waals surface area (Å²) in [5, 5.41) is 0. The van der Waals surface area contributed by atoms with E-state index in [1.807, 2.05) is 6.92 Å². The molecular formula is C13H13F2IO2S. The van der Waals surface area contributed by atoms with Crippen molar-refractivity contribution in [3.05, 3.63) is 38.3 Å². The molecule has 0 spiro atoms. The van der Waals surface area contributed by atoms with Gasteiger partial charge in [0.2, 0.25) is 9.84 Å². The lowest BCUT2D eigenvalue weighted by Gasteiger charge is -2.04. The molecule has 1 aromatic rings. The van der Waals surface area contributed by atoms with Crippen molar-refractivity contribution in [3.63, 3.8) is 0 Å². The van der Waals surface area contributed by atoms with Crippen molar-refractivity contribution in [2.75, 3.05) is 0 Å². The highest BCUT2D eigenvalue weighted by molar-refractivity contribution is 14.1. The topological polar surface area (TPSA) is 34.1 Å². The van der Waals surface area contributed by atoms with E-state index < -0.39 is 21.2 Å². The molecule has 0 atom stereocenters. The Morgan fingerprint density at radius 1 is 1.16 bits per heavy atom. The summed E-state index contributed by atoms with van der Waals surface area (Å²) in [5.74, 6) is -3.04. The van der Waals surface area contributed by atoms with E-state index in [9.17, 15) is 17.2 Å². The van der Waals surface area contributed by atoms with Crippen LogP contribution in [-0.2, 0) is 9.84 Å². The zero-order chi connectivity index (χ0) is 14.6. The number of alkyl halides is 2. The second kappa shape index (κ2) is 4.25. The van der Waals surface area contributed by atoms with Crippen molar-refractivity contribution >= 4 is 32.4 Å². The van der Waals surface area contributed by atoms with Crippen LogP contribution in [0.25, 0.3) is 0 Å². The highest BCUT2D eigenvalue weighted by Crippen LogP contribution is 2.67. The highest BCUT2D eigenvalue weighted by Gasteiger charge is 2.72. The van der Waals surface area contributed by atoms with Crippen LogP contribution >= 0.6 is 22.6 Å². The number of sulfone groups is 1. The Labute approximate surface area is 125 Å². The van der Waals surface area contributed by atoms with Crippen molar-refractivity contribution in [2.45, 2.75) is 31.6 Å². The van der Waals surface area contributed by atoms with Crippen LogP contribution in [0.15, 0.2) is 37.6 Å². The molecule has 1 aliphatic carbocycles. The lowest BCUT2D eigenvalue weighted by atomic mass is 10.2. The Morgan fingerprint density at radius 3 is 1.95 bits per heavy atom. The van der Waals surface area contributed by atoms with Gasteiger partial charge in [-0.05, 0) is 55.5 Å². The monoisotopic (exact) mass is 398 g/mol. The normalized spacial score (nSPS) is 23.1. The largest absolute Gasteiger partial charge is 0.280 e. The molecule has 0 unspecified atom stereocenters. The van der Waals surface area contributed by atoms with Gasteiger partial charge in [-0.3, -0.25) is 0 Å². The summed E-state index contributed by atoms with van der Waals surface area (Å²) in [4.78, 5) is 0.0495. The van der Waals surface area contributed by atoms with Gasteiger partial charge in [-0.1, -0.05) is 17.7 Å². The second-order valence-corrected chi connectivity index (χ2v) is 8.86. The molecule has 1 fully saturated rings. The zero-order valence-corrected chi connectivity index (χ0v) is 13.6. The smallest absolute Gasteiger partial charge is 0.218 e. The first-order chi connectivity index (χ1) is 8.53. The molecule has 2 nitrogen and oxygen atoms in total. The number of aryl methyl sites for hydroxylation is 1. The van der Waals surface area contributed by atoms with Crippen LogP contribution in [0.3, 0.4) is 0 Å². The first-order valence-corrected chi connectivity index (χ1v) is 8.19. The Kier molecular flexibility index (Phi) is 3.33. The molecule has 0 saturated heterocycles. The maximum atomic E-state index is 13.6. The molecule has 1 aliphatic rings. The summed E-state index contributed by atoms with van der Waals surface area (Å²) < 4.78 is 51.6. The number of allylic oxidation sites excluding steroid dienone is 1. The fourth-order valence-electron chi connectivity index (χ4n) is 1.89. The first-order valence-electron chi connectivity index (χ1n) is 5.63. The average Bonchev–Trinajstić information content (AvgIpc) is 2.69. The van der Waals surface area contributed by atoms with Crippen LogP contribution in [0.4, 0.5) is 8.78 Å². The summed E-state index contributed by atoms with van der Waals surface area (Å²) in [7, 11) is -3.85. The minimum atomic E-state index is -3.85. The van der Waals surface area contributed by atoms with Crippen molar-refractivity contribution in [1.82, 2.24) is 0 Å². The maximum Gasteiger partial charge on any atom is 0.280 e. The summed E-state index contributed by atoms with van der Waals surface area (Å²) in [5.41, 5.74) is -0.749. The predicted octanol–water partition coefficient (Wildman–Crippen LogP) is 4.09. The van der Waals surface area contributed by atoms with E-state index in [-0.39, 0.29) is 13.4 Å². The SMILES string of the molecule is Cc1ccc(S(=O)(=O)/C(I)=C2\C(C)(C)C2(F)F)cc1. The molecule has 1 aromatic carbocycles. The molecule has 1 saturated carbocycles. The lowest BCUT2D eigenvalue weighted by molar-refractivity contribution is 0.0827. The van der Waals surface area contributed by atoms with Crippen LogP contribution in [0.5, 0.6) is 0 Å². The summed E-state index contributed by atoms with van der Waals surface area (Å²) in [6.45, 7) is 4.54. The van der Waals surface area contributed by atoms with Crippen LogP contribution in [-0.4, -0.2) is 14.3 Å². The number of rotatable bonds is 2. The molecule has 0 bridgehead atoms. The third kappa shape index (κ3) is 2.12. The van der Waals surface area contributed by atoms with Crippen molar-refractivity contribution in [1.29, 1.82) is 0 Å². The fourth-order valence-corrected chi connectivity index (χ4v) is 5.02. The van der Waals surface area contributed by atoms with E-state index in [0.29, 0.717) is 0 Å². The molecule has 0 radical (unpaired) electrons. The summed E-state index contributed by atoms with van der Waals surface area (Å²) in [6, 6.07) is 6.18. The van der Waals surface area contributed by atoms with Gasteiger partial charge in [0.15, 0.2) is 0 Å². The molecule has 0 heterocycles. The second-order valence-electron chi connectivity index (χ2n) is 5.16. The van der Waals surface area contributed by atoms with Gasteiger partial charge in [-0.15, -0.1) is 0 Å². The van der Waals surface area contributed by atoms with E-state index in [2.05, 4.69) is 0 Å². The van der Waals surface area contributed by atoms with Crippen LogP contribution in [0, 0.1) is 12.3 Å². The van der Waals surface area contributed by atoms with Crippen molar-refractivity contribution in [2.24, 2.45) is 5.41 Å². The van der Waals surface area contributed by atoms with Gasteiger partial charge in [-0.25, -0.2) is 17.2 Å². The van der Waals surface area contributed by atoms with Gasteiger partial charge >= 0.3 is 0 Å². The quantitative estimate of drug-likeness (QED) is 0.704. The van der Waals surface area contributed by atoms with Gasteiger partial charge in [0, 0.05) is 5.57 Å². The van der Waals surface area contributed by atoms with Crippen molar-refractivity contribution < 1.29 is 17.2 Å². The van der Waals surface area contributed by atoms with E-state index in [1.54, 1.807) is 12.1 Å². The van der Waals surface area contributed by atoms with Crippen LogP contribution < -0.4 is 0 Å². The Balaban J connectivity index is 2.54. The Bertz CT molecular complexity index is 642. The third-order valence-corrected chi connectivity index (χ3v) is 7.27.